The van der Waals surface area contributed by atoms with Crippen molar-refractivity contribution in [3.8, 4) is 0 Å². The lowest BCUT2D eigenvalue weighted by Gasteiger charge is -2.43. The Morgan fingerprint density at radius 2 is 2.05 bits per heavy atom. The number of rotatable bonds is 3. The van der Waals surface area contributed by atoms with Crippen LogP contribution in [0.3, 0.4) is 0 Å². The molecular weight excluding hydrogens is 268 g/mol. The number of piperidine rings is 1. The van der Waals surface area contributed by atoms with Crippen LogP contribution in [0.1, 0.15) is 39.7 Å². The highest BCUT2D eigenvalue weighted by atomic mass is 35.5. The van der Waals surface area contributed by atoms with Gasteiger partial charge in [-0.05, 0) is 56.2 Å². The van der Waals surface area contributed by atoms with Crippen molar-refractivity contribution in [2.75, 3.05) is 11.4 Å². The number of nitrogens with zero attached hydrogens (tertiary/aromatic N) is 1. The smallest absolute Gasteiger partial charge is 0.0642 e. The number of hydrogen-bond acceptors (Lipinski definition) is 2. The van der Waals surface area contributed by atoms with Crippen LogP contribution >= 0.6 is 11.6 Å². The van der Waals surface area contributed by atoms with Crippen molar-refractivity contribution in [1.82, 2.24) is 0 Å². The summed E-state index contributed by atoms with van der Waals surface area (Å²) in [4.78, 5) is 2.47. The van der Waals surface area contributed by atoms with E-state index in [1.54, 1.807) is 0 Å². The molecule has 0 aliphatic carbocycles. The molecule has 3 heteroatoms. The number of hydrogen-bond donors (Lipinski definition) is 1. The Bertz CT molecular complexity index is 458. The zero-order chi connectivity index (χ0) is 14.9. The van der Waals surface area contributed by atoms with E-state index in [0.29, 0.717) is 12.0 Å². The van der Waals surface area contributed by atoms with Crippen LogP contribution in [0, 0.1) is 11.8 Å². The zero-order valence-electron chi connectivity index (χ0n) is 13.1. The van der Waals surface area contributed by atoms with Gasteiger partial charge in [0.05, 0.1) is 10.7 Å². The molecule has 0 radical (unpaired) electrons. The second-order valence-electron chi connectivity index (χ2n) is 6.68. The van der Waals surface area contributed by atoms with Crippen LogP contribution in [0.15, 0.2) is 18.2 Å². The van der Waals surface area contributed by atoms with Crippen molar-refractivity contribution in [3.63, 3.8) is 0 Å². The van der Waals surface area contributed by atoms with Crippen LogP contribution in [0.5, 0.6) is 0 Å². The standard InChI is InChI=1S/C17H27ClN2/c1-11-7-12(2)14(4)20(10-11)17-6-5-15(8-13(3)19)9-16(17)18/h5-6,9,11-14H,7-8,10,19H2,1-4H3. The molecule has 2 nitrogen and oxygen atoms in total. The minimum absolute atomic E-state index is 0.172. The molecule has 0 bridgehead atoms. The van der Waals surface area contributed by atoms with Crippen LogP contribution in [-0.4, -0.2) is 18.6 Å². The fourth-order valence-corrected chi connectivity index (χ4v) is 3.63. The highest BCUT2D eigenvalue weighted by Gasteiger charge is 2.29. The van der Waals surface area contributed by atoms with Gasteiger partial charge in [0.1, 0.15) is 0 Å². The number of halogens is 1. The third kappa shape index (κ3) is 3.48. The summed E-state index contributed by atoms with van der Waals surface area (Å²) < 4.78 is 0. The Balaban J connectivity index is 2.23. The molecule has 4 atom stereocenters. The molecule has 1 heterocycles. The fraction of sp³-hybridized carbons (Fsp3) is 0.647. The van der Waals surface area contributed by atoms with Crippen molar-refractivity contribution >= 4 is 17.3 Å². The van der Waals surface area contributed by atoms with Gasteiger partial charge in [0.2, 0.25) is 0 Å². The molecule has 1 aromatic rings. The lowest BCUT2D eigenvalue weighted by molar-refractivity contribution is 0.297. The summed E-state index contributed by atoms with van der Waals surface area (Å²) in [7, 11) is 0. The average Bonchev–Trinajstić information content (AvgIpc) is 2.33. The third-order valence-electron chi connectivity index (χ3n) is 4.48. The maximum atomic E-state index is 6.52. The molecule has 1 aliphatic rings. The van der Waals surface area contributed by atoms with Gasteiger partial charge in [0.25, 0.3) is 0 Å². The van der Waals surface area contributed by atoms with E-state index in [4.69, 9.17) is 17.3 Å². The number of benzene rings is 1. The lowest BCUT2D eigenvalue weighted by Crippen LogP contribution is -2.46. The Labute approximate surface area is 128 Å². The fourth-order valence-electron chi connectivity index (χ4n) is 3.32. The number of anilines is 1. The van der Waals surface area contributed by atoms with Gasteiger partial charge >= 0.3 is 0 Å². The van der Waals surface area contributed by atoms with E-state index in [-0.39, 0.29) is 6.04 Å². The first kappa shape index (κ1) is 15.7. The molecule has 4 unspecified atom stereocenters. The van der Waals surface area contributed by atoms with Gasteiger partial charge in [0.15, 0.2) is 0 Å². The zero-order valence-corrected chi connectivity index (χ0v) is 13.8. The summed E-state index contributed by atoms with van der Waals surface area (Å²) in [6, 6.07) is 7.13. The molecule has 2 rings (SSSR count). The number of nitrogens with two attached hydrogens (primary N) is 1. The van der Waals surface area contributed by atoms with Crippen LogP contribution in [0.2, 0.25) is 5.02 Å². The van der Waals surface area contributed by atoms with Crippen molar-refractivity contribution in [1.29, 1.82) is 0 Å². The second-order valence-corrected chi connectivity index (χ2v) is 7.09. The van der Waals surface area contributed by atoms with E-state index in [1.165, 1.54) is 17.7 Å². The summed E-state index contributed by atoms with van der Waals surface area (Å²) in [6.07, 6.45) is 2.18. The predicted octanol–water partition coefficient (Wildman–Crippen LogP) is 4.10. The van der Waals surface area contributed by atoms with Crippen molar-refractivity contribution in [2.45, 2.75) is 52.6 Å². The topological polar surface area (TPSA) is 29.3 Å². The van der Waals surface area contributed by atoms with Crippen molar-refractivity contribution in [3.05, 3.63) is 28.8 Å². The molecule has 0 saturated carbocycles. The largest absolute Gasteiger partial charge is 0.367 e. The van der Waals surface area contributed by atoms with Gasteiger partial charge < -0.3 is 10.6 Å². The summed E-state index contributed by atoms with van der Waals surface area (Å²) >= 11 is 6.52. The normalized spacial score (nSPS) is 28.5. The maximum absolute atomic E-state index is 6.52. The molecular formula is C17H27ClN2. The molecule has 1 aromatic carbocycles. The van der Waals surface area contributed by atoms with Gasteiger partial charge in [0, 0.05) is 18.6 Å². The second kappa shape index (κ2) is 6.36. The van der Waals surface area contributed by atoms with E-state index in [1.807, 2.05) is 6.92 Å². The monoisotopic (exact) mass is 294 g/mol. The molecule has 1 aliphatic heterocycles. The Kier molecular flexibility index (Phi) is 4.98. The van der Waals surface area contributed by atoms with E-state index < -0.39 is 0 Å². The average molecular weight is 295 g/mol. The predicted molar refractivity (Wildman–Crippen MR) is 88.6 cm³/mol. The molecule has 0 spiro atoms. The summed E-state index contributed by atoms with van der Waals surface area (Å²) in [5.41, 5.74) is 8.25. The molecule has 20 heavy (non-hydrogen) atoms. The van der Waals surface area contributed by atoms with Gasteiger partial charge in [-0.1, -0.05) is 31.5 Å². The Hall–Kier alpha value is -0.730. The van der Waals surface area contributed by atoms with Crippen LogP contribution in [-0.2, 0) is 6.42 Å². The van der Waals surface area contributed by atoms with E-state index in [0.717, 1.165) is 23.9 Å². The first-order valence-electron chi connectivity index (χ1n) is 7.69. The SMILES string of the molecule is CC(N)Cc1ccc(N2CC(C)CC(C)C2C)c(Cl)c1. The van der Waals surface area contributed by atoms with Crippen molar-refractivity contribution < 1.29 is 0 Å². The minimum Gasteiger partial charge on any atom is -0.367 e. The third-order valence-corrected chi connectivity index (χ3v) is 4.78. The highest BCUT2D eigenvalue weighted by Crippen LogP contribution is 2.35. The van der Waals surface area contributed by atoms with Crippen LogP contribution < -0.4 is 10.6 Å². The minimum atomic E-state index is 0.172. The molecule has 0 aromatic heterocycles. The maximum Gasteiger partial charge on any atom is 0.0642 e. The van der Waals surface area contributed by atoms with Gasteiger partial charge in [-0.25, -0.2) is 0 Å². The summed E-state index contributed by atoms with van der Waals surface area (Å²) in [5.74, 6) is 1.43. The molecule has 1 saturated heterocycles. The molecule has 112 valence electrons. The highest BCUT2D eigenvalue weighted by molar-refractivity contribution is 6.33. The van der Waals surface area contributed by atoms with Crippen molar-refractivity contribution in [2.24, 2.45) is 17.6 Å². The van der Waals surface area contributed by atoms with Gasteiger partial charge in [-0.2, -0.15) is 0 Å². The molecule has 0 amide bonds. The Morgan fingerprint density at radius 3 is 2.65 bits per heavy atom. The van der Waals surface area contributed by atoms with Gasteiger partial charge in [-0.3, -0.25) is 0 Å². The van der Waals surface area contributed by atoms with E-state index >= 15 is 0 Å². The molecule has 1 fully saturated rings. The van der Waals surface area contributed by atoms with Crippen LogP contribution in [0.4, 0.5) is 5.69 Å². The van der Waals surface area contributed by atoms with Gasteiger partial charge in [-0.15, -0.1) is 0 Å². The van der Waals surface area contributed by atoms with E-state index in [9.17, 15) is 0 Å². The first-order chi connectivity index (χ1) is 9.38. The summed E-state index contributed by atoms with van der Waals surface area (Å²) in [6.45, 7) is 10.1. The quantitative estimate of drug-likeness (QED) is 0.909. The summed E-state index contributed by atoms with van der Waals surface area (Å²) in [5, 5.41) is 0.858. The van der Waals surface area contributed by atoms with Crippen LogP contribution in [0.25, 0.3) is 0 Å². The Morgan fingerprint density at radius 1 is 1.35 bits per heavy atom. The lowest BCUT2D eigenvalue weighted by atomic mass is 9.85. The van der Waals surface area contributed by atoms with E-state index in [2.05, 4.69) is 43.9 Å². The first-order valence-corrected chi connectivity index (χ1v) is 8.07. The molecule has 2 N–H and O–H groups in total.